The van der Waals surface area contributed by atoms with Crippen LogP contribution in [0.15, 0.2) is 109 Å². The molecule has 0 N–H and O–H groups in total. The van der Waals surface area contributed by atoms with Gasteiger partial charge in [0.05, 0.1) is 0 Å². The molecule has 29 heavy (non-hydrogen) atoms. The summed E-state index contributed by atoms with van der Waals surface area (Å²) in [5.41, 5.74) is 3.49. The molecule has 0 saturated carbocycles. The van der Waals surface area contributed by atoms with Crippen LogP contribution >= 0.6 is 0 Å². The summed E-state index contributed by atoms with van der Waals surface area (Å²) < 4.78 is 15.0. The van der Waals surface area contributed by atoms with E-state index in [0.29, 0.717) is 5.95 Å². The molecule has 0 atom stereocenters. The fourth-order valence-electron chi connectivity index (χ4n) is 2.80. The van der Waals surface area contributed by atoms with E-state index < -0.39 is 0 Å². The summed E-state index contributed by atoms with van der Waals surface area (Å²) >= 11 is 0. The normalized spacial score (nSPS) is 9.97. The minimum Gasteiger partial charge on any atom is -0.293 e. The van der Waals surface area contributed by atoms with E-state index in [1.165, 1.54) is 12.1 Å². The average molecular weight is 423 g/mol. The first kappa shape index (κ1) is 20.5. The number of nitrogens with zero attached hydrogens (tertiary/aromatic N) is 3. The van der Waals surface area contributed by atoms with Crippen molar-refractivity contribution in [3.8, 4) is 28.5 Å². The summed E-state index contributed by atoms with van der Waals surface area (Å²) in [7, 11) is 0. The van der Waals surface area contributed by atoms with Gasteiger partial charge in [-0.05, 0) is 35.5 Å². The third kappa shape index (κ3) is 5.17. The number of benzene rings is 1. The van der Waals surface area contributed by atoms with Crippen LogP contribution in [0.2, 0.25) is 0 Å². The zero-order chi connectivity index (χ0) is 19.2. The molecule has 5 heteroatoms. The second-order valence-corrected chi connectivity index (χ2v) is 6.17. The Labute approximate surface area is 179 Å². The van der Waals surface area contributed by atoms with Crippen molar-refractivity contribution in [2.45, 2.75) is 0 Å². The van der Waals surface area contributed by atoms with E-state index >= 15 is 0 Å². The largest absolute Gasteiger partial charge is 2.00 e. The van der Waals surface area contributed by atoms with Gasteiger partial charge in [0, 0.05) is 18.1 Å². The molecule has 0 unspecified atom stereocenters. The maximum Gasteiger partial charge on any atom is 2.00 e. The maximum atomic E-state index is 13.2. The number of aromatic nitrogens is 3. The second-order valence-electron chi connectivity index (χ2n) is 6.17. The third-order valence-corrected chi connectivity index (χ3v) is 4.20. The van der Waals surface area contributed by atoms with E-state index in [-0.39, 0.29) is 22.9 Å². The Morgan fingerprint density at radius 2 is 1.48 bits per heavy atom. The topological polar surface area (TPSA) is 30.7 Å². The Kier molecular flexibility index (Phi) is 6.90. The van der Waals surface area contributed by atoms with Gasteiger partial charge in [-0.15, -0.1) is 12.1 Å². The molecule has 5 aromatic rings. The molecule has 0 bridgehead atoms. The molecule has 0 aliphatic heterocycles. The van der Waals surface area contributed by atoms with Crippen molar-refractivity contribution in [2.75, 3.05) is 0 Å². The predicted molar refractivity (Wildman–Crippen MR) is 110 cm³/mol. The number of rotatable bonds is 3. The van der Waals surface area contributed by atoms with Gasteiger partial charge in [-0.25, -0.2) is 26.5 Å². The first-order valence-corrected chi connectivity index (χ1v) is 8.97. The molecule has 144 valence electrons. The van der Waals surface area contributed by atoms with Crippen LogP contribution in [0, 0.1) is 5.82 Å². The van der Waals surface area contributed by atoms with E-state index in [1.54, 1.807) is 12.1 Å². The van der Waals surface area contributed by atoms with Crippen LogP contribution in [-0.2, 0) is 17.1 Å². The summed E-state index contributed by atoms with van der Waals surface area (Å²) in [5, 5.41) is 0. The van der Waals surface area contributed by atoms with Gasteiger partial charge in [-0.2, -0.15) is 30.3 Å². The molecular weight excluding hydrogens is 405 g/mol. The Hall–Kier alpha value is -3.27. The summed E-state index contributed by atoms with van der Waals surface area (Å²) in [5.74, 6) is 0.331. The molecular formula is C24H18FFeN3. The van der Waals surface area contributed by atoms with Gasteiger partial charge in [0.15, 0.2) is 0 Å². The van der Waals surface area contributed by atoms with Gasteiger partial charge in [0.25, 0.3) is 0 Å². The van der Waals surface area contributed by atoms with E-state index in [4.69, 9.17) is 0 Å². The Morgan fingerprint density at radius 3 is 2.07 bits per heavy atom. The Morgan fingerprint density at radius 1 is 0.828 bits per heavy atom. The van der Waals surface area contributed by atoms with Gasteiger partial charge in [0.2, 0.25) is 5.95 Å². The summed E-state index contributed by atoms with van der Waals surface area (Å²) in [6, 6.07) is 30.1. The van der Waals surface area contributed by atoms with Crippen LogP contribution < -0.4 is 0 Å². The van der Waals surface area contributed by atoms with Crippen molar-refractivity contribution in [2.24, 2.45) is 0 Å². The smallest absolute Gasteiger partial charge is 0.293 e. The van der Waals surface area contributed by atoms with E-state index in [2.05, 4.69) is 9.97 Å². The van der Waals surface area contributed by atoms with Gasteiger partial charge < -0.3 is 0 Å². The predicted octanol–water partition coefficient (Wildman–Crippen LogP) is 5.86. The molecule has 0 saturated heterocycles. The van der Waals surface area contributed by atoms with E-state index in [9.17, 15) is 4.39 Å². The number of hydrogen-bond donors (Lipinski definition) is 0. The number of halogens is 1. The summed E-state index contributed by atoms with van der Waals surface area (Å²) in [4.78, 5) is 9.25. The average Bonchev–Trinajstić information content (AvgIpc) is 3.53. The quantitative estimate of drug-likeness (QED) is 0.269. The van der Waals surface area contributed by atoms with Crippen molar-refractivity contribution < 1.29 is 21.5 Å². The molecule has 2 aromatic heterocycles. The van der Waals surface area contributed by atoms with Crippen molar-refractivity contribution >= 4 is 0 Å². The fraction of sp³-hybridized carbons (Fsp3) is 0. The number of hydrogen-bond acceptors (Lipinski definition) is 2. The van der Waals surface area contributed by atoms with Crippen molar-refractivity contribution in [1.29, 1.82) is 0 Å². The van der Waals surface area contributed by atoms with Gasteiger partial charge in [-0.1, -0.05) is 23.8 Å². The summed E-state index contributed by atoms with van der Waals surface area (Å²) in [6.45, 7) is 0. The monoisotopic (exact) mass is 423 g/mol. The van der Waals surface area contributed by atoms with Crippen molar-refractivity contribution in [3.05, 3.63) is 115 Å². The van der Waals surface area contributed by atoms with Crippen LogP contribution in [0.3, 0.4) is 0 Å². The SMILES string of the molecule is Fc1ccc(-c2cc(-[c-]3cccc3)nc(-n3cccc3)n2)cc1.[Fe+2].c1cc[cH-]c1. The third-order valence-electron chi connectivity index (χ3n) is 4.20. The molecule has 0 radical (unpaired) electrons. The Balaban J connectivity index is 0.000000352. The maximum absolute atomic E-state index is 13.2. The molecule has 3 aromatic carbocycles. The van der Waals surface area contributed by atoms with Gasteiger partial charge in [0.1, 0.15) is 5.82 Å². The molecule has 0 fully saturated rings. The minimum absolute atomic E-state index is 0. The molecule has 0 aliphatic rings. The van der Waals surface area contributed by atoms with E-state index in [0.717, 1.165) is 22.5 Å². The molecule has 0 spiro atoms. The standard InChI is InChI=1S/C19H13FN3.C5H5.Fe/c20-16-9-7-15(8-10-16)18-13-17(14-5-1-2-6-14)21-19(22-18)23-11-3-4-12-23;1-2-4-5-3-1;/h1-13H;1-5H;/q2*-1;+2. The van der Waals surface area contributed by atoms with Crippen LogP contribution in [0.5, 0.6) is 0 Å². The molecule has 0 aliphatic carbocycles. The first-order chi connectivity index (χ1) is 13.8. The van der Waals surface area contributed by atoms with Crippen molar-refractivity contribution in [1.82, 2.24) is 14.5 Å². The zero-order valence-electron chi connectivity index (χ0n) is 15.5. The molecule has 5 rings (SSSR count). The van der Waals surface area contributed by atoms with Crippen LogP contribution in [0.1, 0.15) is 0 Å². The van der Waals surface area contributed by atoms with Gasteiger partial charge in [-0.3, -0.25) is 4.57 Å². The molecule has 2 heterocycles. The van der Waals surface area contributed by atoms with Crippen LogP contribution in [0.25, 0.3) is 28.5 Å². The van der Waals surface area contributed by atoms with Crippen LogP contribution in [0.4, 0.5) is 4.39 Å². The fourth-order valence-corrected chi connectivity index (χ4v) is 2.80. The van der Waals surface area contributed by atoms with Gasteiger partial charge >= 0.3 is 17.1 Å². The Bertz CT molecular complexity index is 1030. The molecule has 0 amide bonds. The first-order valence-electron chi connectivity index (χ1n) is 8.97. The van der Waals surface area contributed by atoms with Crippen molar-refractivity contribution in [3.63, 3.8) is 0 Å². The molecule has 3 nitrogen and oxygen atoms in total. The van der Waals surface area contributed by atoms with Crippen LogP contribution in [-0.4, -0.2) is 14.5 Å². The summed E-state index contributed by atoms with van der Waals surface area (Å²) in [6.07, 6.45) is 3.80. The zero-order valence-corrected chi connectivity index (χ0v) is 16.6. The minimum atomic E-state index is -0.260. The second kappa shape index (κ2) is 9.78. The van der Waals surface area contributed by atoms with E-state index in [1.807, 2.05) is 89.8 Å².